The average Bonchev–Trinajstić information content (AvgIpc) is 3.29. The van der Waals surface area contributed by atoms with E-state index in [-0.39, 0.29) is 11.5 Å². The molecule has 148 valence electrons. The molecule has 1 amide bonds. The van der Waals surface area contributed by atoms with Crippen molar-refractivity contribution in [3.05, 3.63) is 41.8 Å². The van der Waals surface area contributed by atoms with E-state index in [9.17, 15) is 9.59 Å². The molecule has 3 aromatic rings. The van der Waals surface area contributed by atoms with Gasteiger partial charge in [0.1, 0.15) is 17.2 Å². The molecule has 1 atom stereocenters. The number of aromatic nitrogens is 2. The number of benzene rings is 1. The van der Waals surface area contributed by atoms with Gasteiger partial charge in [-0.25, -0.2) is 4.79 Å². The van der Waals surface area contributed by atoms with Gasteiger partial charge in [-0.2, -0.15) is 0 Å². The molecule has 1 unspecified atom stereocenters. The summed E-state index contributed by atoms with van der Waals surface area (Å²) >= 11 is 0. The van der Waals surface area contributed by atoms with Crippen LogP contribution in [0.5, 0.6) is 5.75 Å². The largest absolute Gasteiger partial charge is 0.497 e. The number of methoxy groups -OCH3 is 1. The number of aryl methyl sites for hydroxylation is 1. The number of ether oxygens (including phenoxy) is 2. The average molecular weight is 385 g/mol. The first kappa shape index (κ1) is 19.5. The standard InChI is InChI=1S/C20H23N3O5/c1-4-5-6-17(19(24)22-18-9-12(2)28-23-18)27-20(25)16-10-13-7-8-14(26-3)11-15(13)21-16/h7-11,17,21H,4-6H2,1-3H3,(H,22,23,24). The number of H-pyrrole nitrogens is 1. The van der Waals surface area contributed by atoms with Crippen molar-refractivity contribution in [3.63, 3.8) is 0 Å². The van der Waals surface area contributed by atoms with Gasteiger partial charge in [0.25, 0.3) is 5.91 Å². The highest BCUT2D eigenvalue weighted by molar-refractivity contribution is 5.98. The van der Waals surface area contributed by atoms with Gasteiger partial charge in [-0.1, -0.05) is 18.5 Å². The van der Waals surface area contributed by atoms with Crippen LogP contribution >= 0.6 is 0 Å². The number of fused-ring (bicyclic) bond motifs is 1. The van der Waals surface area contributed by atoms with Crippen LogP contribution in [0, 0.1) is 6.92 Å². The maximum absolute atomic E-state index is 12.6. The third kappa shape index (κ3) is 4.51. The highest BCUT2D eigenvalue weighted by Gasteiger charge is 2.25. The molecule has 2 aromatic heterocycles. The molecule has 0 saturated carbocycles. The Bertz CT molecular complexity index is 975. The topological polar surface area (TPSA) is 106 Å². The van der Waals surface area contributed by atoms with Crippen molar-refractivity contribution in [2.24, 2.45) is 0 Å². The highest BCUT2D eigenvalue weighted by atomic mass is 16.5. The number of nitrogens with zero attached hydrogens (tertiary/aromatic N) is 1. The molecule has 0 fully saturated rings. The maximum Gasteiger partial charge on any atom is 0.355 e. The van der Waals surface area contributed by atoms with Crippen LogP contribution < -0.4 is 10.1 Å². The Morgan fingerprint density at radius 1 is 1.29 bits per heavy atom. The van der Waals surface area contributed by atoms with Crippen LogP contribution in [0.4, 0.5) is 5.82 Å². The predicted octanol–water partition coefficient (Wildman–Crippen LogP) is 3.83. The smallest absolute Gasteiger partial charge is 0.355 e. The quantitative estimate of drug-likeness (QED) is 0.571. The van der Waals surface area contributed by atoms with Gasteiger partial charge < -0.3 is 24.3 Å². The first-order chi connectivity index (χ1) is 13.5. The number of amides is 1. The molecule has 0 aliphatic rings. The highest BCUT2D eigenvalue weighted by Crippen LogP contribution is 2.22. The fraction of sp³-hybridized carbons (Fsp3) is 0.350. The summed E-state index contributed by atoms with van der Waals surface area (Å²) in [5.41, 5.74) is 1.02. The summed E-state index contributed by atoms with van der Waals surface area (Å²) in [5.74, 6) is 0.511. The molecule has 0 radical (unpaired) electrons. The molecule has 8 heteroatoms. The summed E-state index contributed by atoms with van der Waals surface area (Å²) in [6.45, 7) is 3.73. The molecule has 8 nitrogen and oxygen atoms in total. The Labute approximate surface area is 162 Å². The molecule has 0 bridgehead atoms. The van der Waals surface area contributed by atoms with Gasteiger partial charge in [-0.05, 0) is 38.0 Å². The Hall–Kier alpha value is -3.29. The lowest BCUT2D eigenvalue weighted by Gasteiger charge is -2.16. The first-order valence-corrected chi connectivity index (χ1v) is 9.12. The summed E-state index contributed by atoms with van der Waals surface area (Å²) < 4.78 is 15.6. The minimum Gasteiger partial charge on any atom is -0.497 e. The number of esters is 1. The van der Waals surface area contributed by atoms with E-state index >= 15 is 0 Å². The Morgan fingerprint density at radius 3 is 2.79 bits per heavy atom. The van der Waals surface area contributed by atoms with Gasteiger partial charge >= 0.3 is 5.97 Å². The molecular formula is C20H23N3O5. The fourth-order valence-electron chi connectivity index (χ4n) is 2.80. The van der Waals surface area contributed by atoms with Crippen molar-refractivity contribution >= 4 is 28.6 Å². The Balaban J connectivity index is 1.73. The van der Waals surface area contributed by atoms with Crippen molar-refractivity contribution in [1.29, 1.82) is 0 Å². The lowest BCUT2D eigenvalue weighted by atomic mass is 10.1. The van der Waals surface area contributed by atoms with E-state index in [0.717, 1.165) is 23.7 Å². The minimum absolute atomic E-state index is 0.273. The van der Waals surface area contributed by atoms with Gasteiger partial charge in [0.2, 0.25) is 0 Å². The van der Waals surface area contributed by atoms with Crippen LogP contribution in [0.15, 0.2) is 34.9 Å². The lowest BCUT2D eigenvalue weighted by Crippen LogP contribution is -2.32. The van der Waals surface area contributed by atoms with E-state index in [4.69, 9.17) is 14.0 Å². The second-order valence-corrected chi connectivity index (χ2v) is 6.48. The van der Waals surface area contributed by atoms with Crippen LogP contribution in [-0.4, -0.2) is 35.2 Å². The Kier molecular flexibility index (Phi) is 5.98. The third-order valence-corrected chi connectivity index (χ3v) is 4.29. The first-order valence-electron chi connectivity index (χ1n) is 9.12. The van der Waals surface area contributed by atoms with E-state index in [0.29, 0.717) is 17.9 Å². The maximum atomic E-state index is 12.6. The SMILES string of the molecule is CCCCC(OC(=O)c1cc2ccc(OC)cc2[nH]1)C(=O)Nc1cc(C)on1. The van der Waals surface area contributed by atoms with Crippen LogP contribution in [0.3, 0.4) is 0 Å². The van der Waals surface area contributed by atoms with Crippen molar-refractivity contribution < 1.29 is 23.6 Å². The predicted molar refractivity (Wildman–Crippen MR) is 103 cm³/mol. The zero-order valence-electron chi connectivity index (χ0n) is 16.1. The molecule has 3 rings (SSSR count). The third-order valence-electron chi connectivity index (χ3n) is 4.29. The summed E-state index contributed by atoms with van der Waals surface area (Å²) in [6, 6.07) is 8.73. The normalized spacial score (nSPS) is 12.0. The number of carbonyl (C=O) groups is 2. The van der Waals surface area contributed by atoms with Crippen molar-refractivity contribution in [2.45, 2.75) is 39.2 Å². The summed E-state index contributed by atoms with van der Waals surface area (Å²) in [7, 11) is 1.58. The second kappa shape index (κ2) is 8.60. The van der Waals surface area contributed by atoms with Gasteiger partial charge in [0.15, 0.2) is 11.9 Å². The Morgan fingerprint density at radius 2 is 2.11 bits per heavy atom. The molecule has 28 heavy (non-hydrogen) atoms. The molecule has 2 N–H and O–H groups in total. The van der Waals surface area contributed by atoms with Gasteiger partial charge in [0, 0.05) is 23.0 Å². The second-order valence-electron chi connectivity index (χ2n) is 6.48. The molecule has 0 saturated heterocycles. The van der Waals surface area contributed by atoms with Crippen LogP contribution in [-0.2, 0) is 9.53 Å². The lowest BCUT2D eigenvalue weighted by molar-refractivity contribution is -0.125. The van der Waals surface area contributed by atoms with Crippen molar-refractivity contribution in [1.82, 2.24) is 10.1 Å². The van der Waals surface area contributed by atoms with Gasteiger partial charge in [-0.15, -0.1) is 0 Å². The molecule has 1 aromatic carbocycles. The molecule has 0 aliphatic carbocycles. The number of anilines is 1. The molecule has 2 heterocycles. The van der Waals surface area contributed by atoms with Crippen molar-refractivity contribution in [2.75, 3.05) is 12.4 Å². The molecule has 0 aliphatic heterocycles. The van der Waals surface area contributed by atoms with Gasteiger partial charge in [-0.3, -0.25) is 4.79 Å². The van der Waals surface area contributed by atoms with Crippen LogP contribution in [0.25, 0.3) is 10.9 Å². The van der Waals surface area contributed by atoms with E-state index in [2.05, 4.69) is 15.5 Å². The summed E-state index contributed by atoms with van der Waals surface area (Å²) in [6.07, 6.45) is 1.10. The number of nitrogens with one attached hydrogen (secondary N) is 2. The van der Waals surface area contributed by atoms with E-state index in [1.54, 1.807) is 32.2 Å². The zero-order valence-corrected chi connectivity index (χ0v) is 16.1. The number of rotatable bonds is 8. The molecule has 0 spiro atoms. The van der Waals surface area contributed by atoms with E-state index in [1.807, 2.05) is 19.1 Å². The molecular weight excluding hydrogens is 362 g/mol. The fourth-order valence-corrected chi connectivity index (χ4v) is 2.80. The zero-order chi connectivity index (χ0) is 20.1. The van der Waals surface area contributed by atoms with Gasteiger partial charge in [0.05, 0.1) is 7.11 Å². The van der Waals surface area contributed by atoms with Crippen molar-refractivity contribution in [3.8, 4) is 5.75 Å². The van der Waals surface area contributed by atoms with Crippen LogP contribution in [0.2, 0.25) is 0 Å². The number of unbranched alkanes of at least 4 members (excludes halogenated alkanes) is 1. The number of aromatic amines is 1. The number of hydrogen-bond donors (Lipinski definition) is 2. The monoisotopic (exact) mass is 385 g/mol. The summed E-state index contributed by atoms with van der Waals surface area (Å²) in [4.78, 5) is 28.2. The van der Waals surface area contributed by atoms with Crippen LogP contribution in [0.1, 0.15) is 42.4 Å². The minimum atomic E-state index is -0.926. The van der Waals surface area contributed by atoms with E-state index in [1.165, 1.54) is 0 Å². The number of hydrogen-bond acceptors (Lipinski definition) is 6. The van der Waals surface area contributed by atoms with E-state index < -0.39 is 18.0 Å². The number of carbonyl (C=O) groups excluding carboxylic acids is 2. The summed E-state index contributed by atoms with van der Waals surface area (Å²) in [5, 5.41) is 7.21.